The van der Waals surface area contributed by atoms with Crippen LogP contribution >= 0.6 is 12.6 Å². The predicted octanol–water partition coefficient (Wildman–Crippen LogP) is -4.46. The first kappa shape index (κ1) is 25.1. The summed E-state index contributed by atoms with van der Waals surface area (Å²) in [6.07, 6.45) is -2.82. The van der Waals surface area contributed by atoms with Crippen molar-refractivity contribution >= 4 is 36.3 Å². The van der Waals surface area contributed by atoms with Gasteiger partial charge in [-0.2, -0.15) is 12.6 Å². The smallest absolute Gasteiger partial charge is 0.327 e. The van der Waals surface area contributed by atoms with Crippen molar-refractivity contribution in [2.75, 3.05) is 12.4 Å². The van der Waals surface area contributed by atoms with Crippen molar-refractivity contribution in [2.24, 2.45) is 5.73 Å². The molecule has 0 fully saturated rings. The van der Waals surface area contributed by atoms with E-state index in [0.717, 1.165) is 0 Å². The highest BCUT2D eigenvalue weighted by Crippen LogP contribution is 2.01. The number of nitrogens with two attached hydrogens (primary N) is 1. The summed E-state index contributed by atoms with van der Waals surface area (Å²) in [4.78, 5) is 47.2. The Balaban J connectivity index is 5.24. The molecule has 0 aliphatic rings. The molecule has 156 valence electrons. The van der Waals surface area contributed by atoms with Crippen LogP contribution in [0.1, 0.15) is 13.8 Å². The maximum atomic E-state index is 12.3. The monoisotopic (exact) mass is 410 g/mol. The Morgan fingerprint density at radius 2 is 1.33 bits per heavy atom. The van der Waals surface area contributed by atoms with Gasteiger partial charge in [-0.15, -0.1) is 0 Å². The zero-order valence-corrected chi connectivity index (χ0v) is 15.7. The summed E-state index contributed by atoms with van der Waals surface area (Å²) < 4.78 is 0. The normalized spacial score (nSPS) is 17.6. The van der Waals surface area contributed by atoms with Gasteiger partial charge in [-0.1, -0.05) is 0 Å². The molecule has 6 atom stereocenters. The minimum Gasteiger partial charge on any atom is -0.480 e. The number of nitrogens with one attached hydrogen (secondary N) is 3. The van der Waals surface area contributed by atoms with Crippen LogP contribution in [0.3, 0.4) is 0 Å². The lowest BCUT2D eigenvalue weighted by atomic mass is 10.1. The Morgan fingerprint density at radius 3 is 1.67 bits per heavy atom. The number of aliphatic hydroxyl groups excluding tert-OH is 3. The topological polar surface area (TPSA) is 211 Å². The summed E-state index contributed by atoms with van der Waals surface area (Å²) in [5.74, 6) is -4.53. The van der Waals surface area contributed by atoms with Crippen molar-refractivity contribution in [1.82, 2.24) is 16.0 Å². The number of carbonyl (C=O) groups is 4. The van der Waals surface area contributed by atoms with Gasteiger partial charge in [0.25, 0.3) is 0 Å². The van der Waals surface area contributed by atoms with Crippen LogP contribution in [0.25, 0.3) is 0 Å². The SMILES string of the molecule is CC(O)C(NC(=O)C(N)CO)C(=O)NC(C(=O)NC(CS)C(=O)O)C(C)O. The number of carbonyl (C=O) groups excluding carboxylic acids is 3. The van der Waals surface area contributed by atoms with Crippen LogP contribution in [0.5, 0.6) is 0 Å². The fourth-order valence-electron chi connectivity index (χ4n) is 1.84. The molecule has 13 heteroatoms. The Bertz CT molecular complexity index is 545. The summed E-state index contributed by atoms with van der Waals surface area (Å²) in [6.45, 7) is 1.67. The molecule has 0 aromatic carbocycles. The van der Waals surface area contributed by atoms with Gasteiger partial charge < -0.3 is 42.1 Å². The molecule has 0 aromatic heterocycles. The van der Waals surface area contributed by atoms with Crippen molar-refractivity contribution < 1.29 is 39.6 Å². The molecule has 0 aliphatic heterocycles. The number of hydrogen-bond donors (Lipinski definition) is 9. The summed E-state index contributed by atoms with van der Waals surface area (Å²) in [7, 11) is 0. The van der Waals surface area contributed by atoms with Gasteiger partial charge >= 0.3 is 5.97 Å². The molecule has 0 saturated carbocycles. The van der Waals surface area contributed by atoms with Crippen molar-refractivity contribution in [3.05, 3.63) is 0 Å². The van der Waals surface area contributed by atoms with Gasteiger partial charge in [-0.05, 0) is 13.8 Å². The number of carboxylic acids is 1. The average molecular weight is 410 g/mol. The van der Waals surface area contributed by atoms with Crippen molar-refractivity contribution in [2.45, 2.75) is 50.2 Å². The van der Waals surface area contributed by atoms with Gasteiger partial charge in [0.2, 0.25) is 17.7 Å². The Labute approximate surface area is 160 Å². The largest absolute Gasteiger partial charge is 0.480 e. The molecule has 6 unspecified atom stereocenters. The van der Waals surface area contributed by atoms with Gasteiger partial charge in [-0.25, -0.2) is 4.79 Å². The second-order valence-corrected chi connectivity index (χ2v) is 6.19. The molecule has 12 nitrogen and oxygen atoms in total. The lowest BCUT2D eigenvalue weighted by molar-refractivity contribution is -0.142. The number of thiol groups is 1. The molecule has 0 spiro atoms. The van der Waals surface area contributed by atoms with E-state index in [1.165, 1.54) is 13.8 Å². The highest BCUT2D eigenvalue weighted by molar-refractivity contribution is 7.80. The zero-order chi connectivity index (χ0) is 21.3. The van der Waals surface area contributed by atoms with E-state index in [-0.39, 0.29) is 5.75 Å². The van der Waals surface area contributed by atoms with E-state index in [1.807, 2.05) is 0 Å². The second kappa shape index (κ2) is 11.7. The number of hydrogen-bond acceptors (Lipinski definition) is 9. The number of rotatable bonds is 11. The lowest BCUT2D eigenvalue weighted by Gasteiger charge is -2.27. The number of carboxylic acid groups (broad SMARTS) is 1. The van der Waals surface area contributed by atoms with Crippen molar-refractivity contribution in [1.29, 1.82) is 0 Å². The first-order chi connectivity index (χ1) is 12.5. The molecular weight excluding hydrogens is 384 g/mol. The van der Waals surface area contributed by atoms with Crippen molar-refractivity contribution in [3.63, 3.8) is 0 Å². The van der Waals surface area contributed by atoms with Crippen LogP contribution in [-0.4, -0.2) is 92.9 Å². The van der Waals surface area contributed by atoms with Crippen molar-refractivity contribution in [3.8, 4) is 0 Å². The maximum Gasteiger partial charge on any atom is 0.327 e. The van der Waals surface area contributed by atoms with Gasteiger partial charge in [0.15, 0.2) is 0 Å². The second-order valence-electron chi connectivity index (χ2n) is 5.82. The molecule has 9 N–H and O–H groups in total. The average Bonchev–Trinajstić information content (AvgIpc) is 2.59. The third kappa shape index (κ3) is 8.09. The summed E-state index contributed by atoms with van der Waals surface area (Å²) >= 11 is 3.79. The first-order valence-corrected chi connectivity index (χ1v) is 8.56. The Kier molecular flexibility index (Phi) is 10.9. The zero-order valence-electron chi connectivity index (χ0n) is 14.8. The van der Waals surface area contributed by atoms with E-state index in [2.05, 4.69) is 28.6 Å². The first-order valence-electron chi connectivity index (χ1n) is 7.93. The van der Waals surface area contributed by atoms with Crippen LogP contribution < -0.4 is 21.7 Å². The molecule has 0 rings (SSSR count). The number of amides is 3. The molecule has 0 saturated heterocycles. The van der Waals surface area contributed by atoms with E-state index >= 15 is 0 Å². The standard InChI is InChI=1S/C14H26N4O8S/c1-5(20)9(12(23)16-8(4-27)14(25)26)18-13(24)10(6(2)21)17-11(22)7(15)3-19/h5-10,19-21,27H,3-4,15H2,1-2H3,(H,16,23)(H,17,22)(H,18,24)(H,25,26). The van der Waals surface area contributed by atoms with Crippen LogP contribution in [0, 0.1) is 0 Å². The highest BCUT2D eigenvalue weighted by Gasteiger charge is 2.34. The lowest BCUT2D eigenvalue weighted by Crippen LogP contribution is -2.62. The van der Waals surface area contributed by atoms with E-state index in [0.29, 0.717) is 0 Å². The van der Waals surface area contributed by atoms with Gasteiger partial charge in [0.05, 0.1) is 18.8 Å². The fraction of sp³-hybridized carbons (Fsp3) is 0.714. The third-order valence-corrected chi connectivity index (χ3v) is 3.82. The molecular formula is C14H26N4O8S. The molecule has 0 aromatic rings. The van der Waals surface area contributed by atoms with E-state index in [1.54, 1.807) is 0 Å². The number of aliphatic hydroxyl groups is 3. The Hall–Kier alpha value is -1.93. The summed E-state index contributed by atoms with van der Waals surface area (Å²) in [5, 5.41) is 43.6. The van der Waals surface area contributed by atoms with E-state index in [4.69, 9.17) is 15.9 Å². The van der Waals surface area contributed by atoms with Gasteiger partial charge in [-0.3, -0.25) is 14.4 Å². The molecule has 0 aliphatic carbocycles. The van der Waals surface area contributed by atoms with Crippen LogP contribution in [-0.2, 0) is 19.2 Å². The maximum absolute atomic E-state index is 12.3. The van der Waals surface area contributed by atoms with Crippen LogP contribution in [0.4, 0.5) is 0 Å². The minimum absolute atomic E-state index is 0.229. The predicted molar refractivity (Wildman–Crippen MR) is 95.7 cm³/mol. The molecule has 0 heterocycles. The van der Waals surface area contributed by atoms with Crippen LogP contribution in [0.15, 0.2) is 0 Å². The van der Waals surface area contributed by atoms with Gasteiger partial charge in [0.1, 0.15) is 24.2 Å². The molecule has 3 amide bonds. The van der Waals surface area contributed by atoms with E-state index < -0.39 is 66.7 Å². The molecule has 27 heavy (non-hydrogen) atoms. The molecule has 0 radical (unpaired) electrons. The quantitative estimate of drug-likeness (QED) is 0.150. The third-order valence-electron chi connectivity index (χ3n) is 3.46. The summed E-state index contributed by atoms with van der Waals surface area (Å²) in [6, 6.07) is -5.79. The molecule has 0 bridgehead atoms. The number of aliphatic carboxylic acids is 1. The Morgan fingerprint density at radius 1 is 0.926 bits per heavy atom. The fourth-order valence-corrected chi connectivity index (χ4v) is 2.09. The van der Waals surface area contributed by atoms with Gasteiger partial charge in [0, 0.05) is 5.75 Å². The van der Waals surface area contributed by atoms with E-state index in [9.17, 15) is 29.4 Å². The van der Waals surface area contributed by atoms with Crippen LogP contribution in [0.2, 0.25) is 0 Å². The highest BCUT2D eigenvalue weighted by atomic mass is 32.1. The minimum atomic E-state index is -1.57. The summed E-state index contributed by atoms with van der Waals surface area (Å²) in [5.41, 5.74) is 5.32.